The number of aliphatic hydroxyl groups excluding tert-OH is 1. The van der Waals surface area contributed by atoms with Crippen LogP contribution < -0.4 is 10.1 Å². The molecule has 1 aromatic carbocycles. The van der Waals surface area contributed by atoms with Crippen molar-refractivity contribution in [2.24, 2.45) is 0 Å². The van der Waals surface area contributed by atoms with Crippen LogP contribution in [-0.2, 0) is 4.79 Å². The molecule has 0 aliphatic heterocycles. The maximum absolute atomic E-state index is 13.0. The van der Waals surface area contributed by atoms with Gasteiger partial charge in [-0.1, -0.05) is 0 Å². The van der Waals surface area contributed by atoms with Gasteiger partial charge in [-0.3, -0.25) is 4.79 Å². The lowest BCUT2D eigenvalue weighted by molar-refractivity contribution is -0.139. The number of benzene rings is 1. The molecule has 0 bridgehead atoms. The van der Waals surface area contributed by atoms with Crippen LogP contribution in [-0.4, -0.2) is 30.3 Å². The maximum Gasteiger partial charge on any atom is 0.405 e. The normalized spacial score (nSPS) is 12.9. The first-order chi connectivity index (χ1) is 9.19. The second-order valence-electron chi connectivity index (χ2n) is 4.04. The van der Waals surface area contributed by atoms with Crippen LogP contribution in [0.25, 0.3) is 0 Å². The lowest BCUT2D eigenvalue weighted by atomic mass is 10.1. The molecule has 0 saturated heterocycles. The number of carbonyl (C=O) groups excluding carboxylic acids is 1. The number of halogens is 4. The lowest BCUT2D eigenvalue weighted by Crippen LogP contribution is -2.36. The summed E-state index contributed by atoms with van der Waals surface area (Å²) >= 11 is 0. The van der Waals surface area contributed by atoms with Gasteiger partial charge in [0.2, 0.25) is 0 Å². The molecule has 0 spiro atoms. The van der Waals surface area contributed by atoms with Gasteiger partial charge in [-0.25, -0.2) is 4.39 Å². The van der Waals surface area contributed by atoms with Crippen molar-refractivity contribution >= 4 is 5.91 Å². The van der Waals surface area contributed by atoms with Crippen LogP contribution in [0.5, 0.6) is 5.75 Å². The second-order valence-corrected chi connectivity index (χ2v) is 4.04. The van der Waals surface area contributed by atoms with E-state index in [-0.39, 0.29) is 11.3 Å². The van der Waals surface area contributed by atoms with Crippen molar-refractivity contribution in [3.05, 3.63) is 29.6 Å². The van der Waals surface area contributed by atoms with Crippen molar-refractivity contribution < 1.29 is 32.2 Å². The van der Waals surface area contributed by atoms with E-state index in [0.717, 1.165) is 12.1 Å². The molecular formula is C12H13F4NO3. The summed E-state index contributed by atoms with van der Waals surface area (Å²) in [5.74, 6) is -1.54. The number of amides is 1. The average molecular weight is 295 g/mol. The van der Waals surface area contributed by atoms with Crippen LogP contribution in [0.15, 0.2) is 18.2 Å². The van der Waals surface area contributed by atoms with Crippen LogP contribution in [0, 0.1) is 5.82 Å². The Kier molecular flexibility index (Phi) is 5.32. The Balaban J connectivity index is 2.59. The number of aliphatic hydroxyl groups is 1. The van der Waals surface area contributed by atoms with E-state index in [1.165, 1.54) is 13.0 Å². The molecule has 112 valence electrons. The number of carbonyl (C=O) groups is 1. The highest BCUT2D eigenvalue weighted by atomic mass is 19.4. The molecule has 1 amide bonds. The Morgan fingerprint density at radius 1 is 1.45 bits per heavy atom. The molecule has 1 atom stereocenters. The smallest absolute Gasteiger partial charge is 0.405 e. The third-order valence-corrected chi connectivity index (χ3v) is 2.27. The Morgan fingerprint density at radius 2 is 2.10 bits per heavy atom. The van der Waals surface area contributed by atoms with Gasteiger partial charge in [0, 0.05) is 5.56 Å². The highest BCUT2D eigenvalue weighted by Crippen LogP contribution is 2.25. The van der Waals surface area contributed by atoms with Crippen LogP contribution >= 0.6 is 0 Å². The Hall–Kier alpha value is -1.83. The minimum Gasteiger partial charge on any atom is -0.483 e. The summed E-state index contributed by atoms with van der Waals surface area (Å²) in [4.78, 5) is 11.1. The van der Waals surface area contributed by atoms with Gasteiger partial charge in [0.05, 0.1) is 6.10 Å². The van der Waals surface area contributed by atoms with E-state index in [4.69, 9.17) is 4.74 Å². The molecule has 20 heavy (non-hydrogen) atoms. The van der Waals surface area contributed by atoms with Crippen molar-refractivity contribution in [1.29, 1.82) is 0 Å². The fraction of sp³-hybridized carbons (Fsp3) is 0.417. The molecule has 1 aromatic rings. The molecule has 0 aromatic heterocycles. The number of rotatable bonds is 5. The Morgan fingerprint density at radius 3 is 2.65 bits per heavy atom. The van der Waals surface area contributed by atoms with Crippen LogP contribution in [0.2, 0.25) is 0 Å². The number of ether oxygens (including phenoxy) is 1. The number of nitrogens with one attached hydrogen (secondary N) is 1. The Bertz CT molecular complexity index is 474. The molecule has 1 rings (SSSR count). The van der Waals surface area contributed by atoms with Crippen LogP contribution in [0.1, 0.15) is 18.6 Å². The fourth-order valence-electron chi connectivity index (χ4n) is 1.37. The van der Waals surface area contributed by atoms with Crippen LogP contribution in [0.4, 0.5) is 17.6 Å². The minimum absolute atomic E-state index is 0.0311. The number of hydrogen-bond acceptors (Lipinski definition) is 3. The van der Waals surface area contributed by atoms with E-state index in [2.05, 4.69) is 0 Å². The first-order valence-electron chi connectivity index (χ1n) is 5.63. The van der Waals surface area contributed by atoms with E-state index in [1.807, 2.05) is 0 Å². The SMILES string of the molecule is CC(O)c1cc(F)ccc1OCC(=O)NCC(F)(F)F. The summed E-state index contributed by atoms with van der Waals surface area (Å²) in [6.07, 6.45) is -5.55. The molecule has 0 aliphatic carbocycles. The molecule has 0 fully saturated rings. The summed E-state index contributed by atoms with van der Waals surface area (Å²) in [5, 5.41) is 11.0. The molecule has 0 radical (unpaired) electrons. The average Bonchev–Trinajstić information content (AvgIpc) is 2.33. The summed E-state index contributed by atoms with van der Waals surface area (Å²) in [7, 11) is 0. The maximum atomic E-state index is 13.0. The van der Waals surface area contributed by atoms with Gasteiger partial charge in [0.15, 0.2) is 6.61 Å². The van der Waals surface area contributed by atoms with Gasteiger partial charge in [0.1, 0.15) is 18.1 Å². The topological polar surface area (TPSA) is 58.6 Å². The van der Waals surface area contributed by atoms with Crippen molar-refractivity contribution in [2.45, 2.75) is 19.2 Å². The predicted octanol–water partition coefficient (Wildman–Crippen LogP) is 1.94. The van der Waals surface area contributed by atoms with Gasteiger partial charge < -0.3 is 15.2 Å². The van der Waals surface area contributed by atoms with Crippen molar-refractivity contribution in [1.82, 2.24) is 5.32 Å². The summed E-state index contributed by atoms with van der Waals surface area (Å²) in [6, 6.07) is 3.26. The highest BCUT2D eigenvalue weighted by Gasteiger charge is 2.27. The summed E-state index contributed by atoms with van der Waals surface area (Å²) < 4.78 is 53.6. The standard InChI is InChI=1S/C12H13F4NO3/c1-7(18)9-4-8(13)2-3-10(9)20-5-11(19)17-6-12(14,15)16/h2-4,7,18H,5-6H2,1H3,(H,17,19). The summed E-state index contributed by atoms with van der Waals surface area (Å²) in [5.41, 5.74) is 0.105. The predicted molar refractivity (Wildman–Crippen MR) is 61.6 cm³/mol. The van der Waals surface area contributed by atoms with Gasteiger partial charge >= 0.3 is 6.18 Å². The van der Waals surface area contributed by atoms with E-state index in [1.54, 1.807) is 5.32 Å². The fourth-order valence-corrected chi connectivity index (χ4v) is 1.37. The zero-order valence-corrected chi connectivity index (χ0v) is 10.5. The minimum atomic E-state index is -4.50. The van der Waals surface area contributed by atoms with E-state index >= 15 is 0 Å². The number of alkyl halides is 3. The quantitative estimate of drug-likeness (QED) is 0.816. The van der Waals surface area contributed by atoms with E-state index in [9.17, 15) is 27.5 Å². The first-order valence-corrected chi connectivity index (χ1v) is 5.63. The van der Waals surface area contributed by atoms with E-state index < -0.39 is 37.2 Å². The third kappa shape index (κ3) is 5.43. The van der Waals surface area contributed by atoms with Gasteiger partial charge in [0.25, 0.3) is 5.91 Å². The molecule has 2 N–H and O–H groups in total. The van der Waals surface area contributed by atoms with Crippen LogP contribution in [0.3, 0.4) is 0 Å². The van der Waals surface area contributed by atoms with Gasteiger partial charge in [-0.2, -0.15) is 13.2 Å². The largest absolute Gasteiger partial charge is 0.483 e. The third-order valence-electron chi connectivity index (χ3n) is 2.27. The second kappa shape index (κ2) is 6.56. The molecule has 4 nitrogen and oxygen atoms in total. The van der Waals surface area contributed by atoms with Crippen molar-refractivity contribution in [3.63, 3.8) is 0 Å². The zero-order chi connectivity index (χ0) is 15.3. The molecule has 0 saturated carbocycles. The zero-order valence-electron chi connectivity index (χ0n) is 10.5. The molecule has 1 unspecified atom stereocenters. The van der Waals surface area contributed by atoms with E-state index in [0.29, 0.717) is 0 Å². The molecule has 8 heteroatoms. The summed E-state index contributed by atoms with van der Waals surface area (Å²) in [6.45, 7) is -0.755. The van der Waals surface area contributed by atoms with Gasteiger partial charge in [-0.05, 0) is 25.1 Å². The molecule has 0 heterocycles. The molecular weight excluding hydrogens is 282 g/mol. The number of hydrogen-bond donors (Lipinski definition) is 2. The lowest BCUT2D eigenvalue weighted by Gasteiger charge is -2.14. The Labute approximate surface area is 112 Å². The van der Waals surface area contributed by atoms with Gasteiger partial charge in [-0.15, -0.1) is 0 Å². The first kappa shape index (κ1) is 16.2. The monoisotopic (exact) mass is 295 g/mol. The van der Waals surface area contributed by atoms with Crippen molar-refractivity contribution in [3.8, 4) is 5.75 Å². The highest BCUT2D eigenvalue weighted by molar-refractivity contribution is 5.77. The molecule has 0 aliphatic rings. The van der Waals surface area contributed by atoms with Crippen molar-refractivity contribution in [2.75, 3.05) is 13.2 Å².